The molecule has 0 bridgehead atoms. The van der Waals surface area contributed by atoms with Crippen molar-refractivity contribution in [1.29, 1.82) is 0 Å². The van der Waals surface area contributed by atoms with E-state index in [9.17, 15) is 8.42 Å². The normalized spacial score (nSPS) is 15.1. The van der Waals surface area contributed by atoms with Crippen LogP contribution in [0.4, 0.5) is 0 Å². The summed E-state index contributed by atoms with van der Waals surface area (Å²) in [6.07, 6.45) is 5.99. The number of benzene rings is 1. The Hall–Kier alpha value is -1.53. The first-order valence-electron chi connectivity index (χ1n) is 6.64. The van der Waals surface area contributed by atoms with Crippen LogP contribution in [-0.2, 0) is 15.7 Å². The second-order valence-corrected chi connectivity index (χ2v) is 7.71. The summed E-state index contributed by atoms with van der Waals surface area (Å²) in [5.74, 6) is 0.611. The number of nitrogens with zero attached hydrogens (tertiary/aromatic N) is 2. The minimum absolute atomic E-state index is 0.111. The molecule has 3 rings (SSSR count). The van der Waals surface area contributed by atoms with Gasteiger partial charge in [0.15, 0.2) is 0 Å². The molecule has 0 saturated heterocycles. The maximum Gasteiger partial charge on any atom is 0.261 e. The van der Waals surface area contributed by atoms with Crippen molar-refractivity contribution >= 4 is 19.7 Å². The first kappa shape index (κ1) is 14.4. The second kappa shape index (κ2) is 5.35. The Bertz CT molecular complexity index is 766. The fourth-order valence-electron chi connectivity index (χ4n) is 2.27. The number of imidazole rings is 1. The molecule has 1 aromatic carbocycles. The van der Waals surface area contributed by atoms with Crippen LogP contribution < -0.4 is 4.74 Å². The third-order valence-corrected chi connectivity index (χ3v) is 4.96. The van der Waals surface area contributed by atoms with E-state index in [1.54, 1.807) is 25.3 Å². The van der Waals surface area contributed by atoms with E-state index in [0.29, 0.717) is 24.0 Å². The van der Waals surface area contributed by atoms with Gasteiger partial charge in [-0.1, -0.05) is 0 Å². The first-order chi connectivity index (χ1) is 9.95. The molecule has 7 heteroatoms. The number of halogens is 1. The summed E-state index contributed by atoms with van der Waals surface area (Å²) in [4.78, 5) is 4.26. The van der Waals surface area contributed by atoms with Crippen molar-refractivity contribution < 1.29 is 13.2 Å². The van der Waals surface area contributed by atoms with E-state index in [2.05, 4.69) is 9.55 Å². The molecule has 0 aliphatic heterocycles. The van der Waals surface area contributed by atoms with Crippen LogP contribution in [0.3, 0.4) is 0 Å². The topological polar surface area (TPSA) is 61.2 Å². The SMILES string of the molecule is Cc1cc(OCc2cncn2C2CC2)ccc1S(=O)(=O)Cl. The van der Waals surface area contributed by atoms with Gasteiger partial charge in [0, 0.05) is 16.7 Å². The van der Waals surface area contributed by atoms with Crippen LogP contribution in [0.25, 0.3) is 0 Å². The Balaban J connectivity index is 1.73. The van der Waals surface area contributed by atoms with Gasteiger partial charge in [-0.15, -0.1) is 0 Å². The van der Waals surface area contributed by atoms with Gasteiger partial charge in [-0.3, -0.25) is 0 Å². The van der Waals surface area contributed by atoms with Crippen molar-refractivity contribution in [2.24, 2.45) is 0 Å². The van der Waals surface area contributed by atoms with Crippen LogP contribution >= 0.6 is 10.7 Å². The third kappa shape index (κ3) is 3.22. The van der Waals surface area contributed by atoms with Gasteiger partial charge >= 0.3 is 0 Å². The minimum Gasteiger partial charge on any atom is -0.487 e. The standard InChI is InChI=1S/C14H15ClN2O3S/c1-10-6-13(4-5-14(10)21(15,18)19)20-8-12-7-16-9-17(12)11-2-3-11/h4-7,9,11H,2-3,8H2,1H3. The molecule has 0 amide bonds. The molecular weight excluding hydrogens is 312 g/mol. The van der Waals surface area contributed by atoms with Gasteiger partial charge in [0.25, 0.3) is 9.05 Å². The molecule has 5 nitrogen and oxygen atoms in total. The zero-order chi connectivity index (χ0) is 15.0. The van der Waals surface area contributed by atoms with E-state index in [-0.39, 0.29) is 4.90 Å². The van der Waals surface area contributed by atoms with E-state index in [0.717, 1.165) is 5.69 Å². The zero-order valence-corrected chi connectivity index (χ0v) is 13.1. The van der Waals surface area contributed by atoms with Crippen molar-refractivity contribution in [3.8, 4) is 5.75 Å². The van der Waals surface area contributed by atoms with Gasteiger partial charge in [0.05, 0.1) is 23.1 Å². The summed E-state index contributed by atoms with van der Waals surface area (Å²) in [5, 5.41) is 0. The molecule has 0 radical (unpaired) electrons. The summed E-state index contributed by atoms with van der Waals surface area (Å²) >= 11 is 0. The zero-order valence-electron chi connectivity index (χ0n) is 11.5. The lowest BCUT2D eigenvalue weighted by molar-refractivity contribution is 0.294. The lowest BCUT2D eigenvalue weighted by Gasteiger charge is -2.10. The Morgan fingerprint density at radius 1 is 1.43 bits per heavy atom. The fourth-order valence-corrected chi connectivity index (χ4v) is 3.46. The number of rotatable bonds is 5. The predicted octanol–water partition coefficient (Wildman–Crippen LogP) is 3.03. The van der Waals surface area contributed by atoms with Crippen molar-refractivity contribution in [2.45, 2.75) is 37.3 Å². The first-order valence-corrected chi connectivity index (χ1v) is 8.95. The van der Waals surface area contributed by atoms with Crippen LogP contribution in [0.5, 0.6) is 5.75 Å². The van der Waals surface area contributed by atoms with Gasteiger partial charge < -0.3 is 9.30 Å². The molecule has 0 spiro atoms. The summed E-state index contributed by atoms with van der Waals surface area (Å²) in [7, 11) is 1.64. The highest BCUT2D eigenvalue weighted by molar-refractivity contribution is 8.13. The van der Waals surface area contributed by atoms with Crippen LogP contribution in [-0.4, -0.2) is 18.0 Å². The van der Waals surface area contributed by atoms with Crippen LogP contribution in [0.15, 0.2) is 35.6 Å². The summed E-state index contributed by atoms with van der Waals surface area (Å²) in [6, 6.07) is 5.30. The Morgan fingerprint density at radius 3 is 2.81 bits per heavy atom. The Morgan fingerprint density at radius 2 is 2.19 bits per heavy atom. The maximum atomic E-state index is 11.3. The highest BCUT2D eigenvalue weighted by atomic mass is 35.7. The second-order valence-electron chi connectivity index (χ2n) is 5.18. The lowest BCUT2D eigenvalue weighted by Crippen LogP contribution is -2.04. The van der Waals surface area contributed by atoms with Crippen LogP contribution in [0.1, 0.15) is 30.1 Å². The van der Waals surface area contributed by atoms with Crippen molar-refractivity contribution in [1.82, 2.24) is 9.55 Å². The molecule has 1 fully saturated rings. The molecule has 112 valence electrons. The molecule has 1 aliphatic rings. The maximum absolute atomic E-state index is 11.3. The molecule has 1 aliphatic carbocycles. The molecule has 1 heterocycles. The molecular formula is C14H15ClN2O3S. The van der Waals surface area contributed by atoms with Crippen molar-refractivity contribution in [3.05, 3.63) is 42.0 Å². The minimum atomic E-state index is -3.72. The van der Waals surface area contributed by atoms with Crippen LogP contribution in [0, 0.1) is 6.92 Å². The van der Waals surface area contributed by atoms with E-state index in [4.69, 9.17) is 15.4 Å². The predicted molar refractivity (Wildman–Crippen MR) is 79.0 cm³/mol. The molecule has 0 atom stereocenters. The molecule has 0 N–H and O–H groups in total. The van der Waals surface area contributed by atoms with Gasteiger partial charge in [-0.05, 0) is 43.5 Å². The summed E-state index contributed by atoms with van der Waals surface area (Å²) < 4.78 is 30.5. The van der Waals surface area contributed by atoms with Crippen molar-refractivity contribution in [3.63, 3.8) is 0 Å². The number of aryl methyl sites for hydroxylation is 1. The number of ether oxygens (including phenoxy) is 1. The molecule has 1 aromatic heterocycles. The molecule has 21 heavy (non-hydrogen) atoms. The smallest absolute Gasteiger partial charge is 0.261 e. The van der Waals surface area contributed by atoms with Gasteiger partial charge in [-0.2, -0.15) is 0 Å². The molecule has 1 saturated carbocycles. The highest BCUT2D eigenvalue weighted by Gasteiger charge is 2.25. The average Bonchev–Trinajstić information content (AvgIpc) is 3.14. The average molecular weight is 327 g/mol. The fraction of sp³-hybridized carbons (Fsp3) is 0.357. The lowest BCUT2D eigenvalue weighted by atomic mass is 10.2. The van der Waals surface area contributed by atoms with Gasteiger partial charge in [0.1, 0.15) is 12.4 Å². The highest BCUT2D eigenvalue weighted by Crippen LogP contribution is 2.35. The van der Waals surface area contributed by atoms with Crippen LogP contribution in [0.2, 0.25) is 0 Å². The summed E-state index contributed by atoms with van der Waals surface area (Å²) in [5.41, 5.74) is 1.59. The Kier molecular flexibility index (Phi) is 3.67. The van der Waals surface area contributed by atoms with E-state index in [1.165, 1.54) is 18.9 Å². The van der Waals surface area contributed by atoms with Crippen molar-refractivity contribution in [2.75, 3.05) is 0 Å². The number of aromatic nitrogens is 2. The summed E-state index contributed by atoms with van der Waals surface area (Å²) in [6.45, 7) is 2.10. The van der Waals surface area contributed by atoms with E-state index >= 15 is 0 Å². The monoisotopic (exact) mass is 326 g/mol. The molecule has 0 unspecified atom stereocenters. The largest absolute Gasteiger partial charge is 0.487 e. The number of hydrogen-bond acceptors (Lipinski definition) is 4. The third-order valence-electron chi connectivity index (χ3n) is 3.48. The van der Waals surface area contributed by atoms with Gasteiger partial charge in [0.2, 0.25) is 0 Å². The van der Waals surface area contributed by atoms with E-state index < -0.39 is 9.05 Å². The van der Waals surface area contributed by atoms with Gasteiger partial charge in [-0.25, -0.2) is 13.4 Å². The van der Waals surface area contributed by atoms with E-state index in [1.807, 2.05) is 6.33 Å². The molecule has 2 aromatic rings. The quantitative estimate of drug-likeness (QED) is 0.792. The number of hydrogen-bond donors (Lipinski definition) is 0. The Labute approximate surface area is 127 Å².